The van der Waals surface area contributed by atoms with Crippen LogP contribution in [0.3, 0.4) is 0 Å². The van der Waals surface area contributed by atoms with E-state index in [4.69, 9.17) is 10.6 Å². The number of ether oxygens (including phenoxy) is 1. The number of nitrogens with two attached hydrogens (primary N) is 1. The van der Waals surface area contributed by atoms with Crippen molar-refractivity contribution in [1.29, 1.82) is 0 Å². The Bertz CT molecular complexity index is 477. The van der Waals surface area contributed by atoms with Gasteiger partial charge in [-0.05, 0) is 25.0 Å². The maximum Gasteiger partial charge on any atom is 0.242 e. The highest BCUT2D eigenvalue weighted by molar-refractivity contribution is 7.89. The number of para-hydroxylation sites is 1. The molecule has 0 bridgehead atoms. The first-order chi connectivity index (χ1) is 9.11. The smallest absolute Gasteiger partial charge is 0.242 e. The number of rotatable bonds is 9. The number of nitrogen functional groups attached to an aromatic ring is 1. The summed E-state index contributed by atoms with van der Waals surface area (Å²) in [5.41, 5.74) is 2.75. The summed E-state index contributed by atoms with van der Waals surface area (Å²) < 4.78 is 31.9. The molecule has 0 saturated carbocycles. The number of benzene rings is 1. The highest BCUT2D eigenvalue weighted by Gasteiger charge is 2.16. The van der Waals surface area contributed by atoms with Gasteiger partial charge in [0.25, 0.3) is 0 Å². The van der Waals surface area contributed by atoms with Crippen LogP contribution in [0, 0.1) is 0 Å². The summed E-state index contributed by atoms with van der Waals surface area (Å²) in [7, 11) is -3.54. The second-order valence-electron chi connectivity index (χ2n) is 4.00. The molecule has 1 rings (SSSR count). The first kappa shape index (κ1) is 15.9. The zero-order valence-electron chi connectivity index (χ0n) is 11.1. The first-order valence-electron chi connectivity index (χ1n) is 6.25. The second-order valence-corrected chi connectivity index (χ2v) is 5.74. The molecule has 19 heavy (non-hydrogen) atoms. The van der Waals surface area contributed by atoms with Gasteiger partial charge in [0.05, 0.1) is 5.69 Å². The van der Waals surface area contributed by atoms with E-state index in [1.807, 2.05) is 6.92 Å². The van der Waals surface area contributed by atoms with Crippen molar-refractivity contribution >= 4 is 15.7 Å². The average Bonchev–Trinajstić information content (AvgIpc) is 2.42. The maximum absolute atomic E-state index is 12.1. The van der Waals surface area contributed by atoms with Gasteiger partial charge in [0, 0.05) is 19.8 Å². The summed E-state index contributed by atoms with van der Waals surface area (Å²) >= 11 is 0. The molecule has 0 heterocycles. The van der Waals surface area contributed by atoms with E-state index in [0.717, 1.165) is 6.42 Å². The molecule has 1 aromatic carbocycles. The fourth-order valence-corrected chi connectivity index (χ4v) is 2.77. The van der Waals surface area contributed by atoms with Crippen LogP contribution in [0.4, 0.5) is 5.69 Å². The number of hydrogen-bond acceptors (Lipinski definition) is 5. The fourth-order valence-electron chi connectivity index (χ4n) is 1.53. The monoisotopic (exact) mass is 287 g/mol. The van der Waals surface area contributed by atoms with E-state index in [2.05, 4.69) is 10.1 Å². The molecule has 0 amide bonds. The van der Waals surface area contributed by atoms with Gasteiger partial charge in [0.15, 0.2) is 0 Å². The topological polar surface area (TPSA) is 93.4 Å². The highest BCUT2D eigenvalue weighted by Crippen LogP contribution is 2.19. The Kier molecular flexibility index (Phi) is 6.79. The molecule has 108 valence electrons. The molecule has 0 fully saturated rings. The van der Waals surface area contributed by atoms with Crippen LogP contribution < -0.4 is 16.0 Å². The van der Waals surface area contributed by atoms with Gasteiger partial charge in [-0.3, -0.25) is 5.84 Å². The summed E-state index contributed by atoms with van der Waals surface area (Å²) in [6.45, 7) is 3.62. The standard InChI is InChI=1S/C12H21N3O3S/c1-2-9-18-10-5-8-14-19(16,17)12-7-4-3-6-11(12)15-13/h3-4,6-7,14-15H,2,5,8-10,13H2,1H3. The molecule has 4 N–H and O–H groups in total. The molecule has 0 aromatic heterocycles. The van der Waals surface area contributed by atoms with Crippen LogP contribution >= 0.6 is 0 Å². The van der Waals surface area contributed by atoms with Gasteiger partial charge < -0.3 is 10.2 Å². The molecule has 0 saturated heterocycles. The van der Waals surface area contributed by atoms with Crippen molar-refractivity contribution in [3.63, 3.8) is 0 Å². The predicted octanol–water partition coefficient (Wildman–Crippen LogP) is 1.07. The summed E-state index contributed by atoms with van der Waals surface area (Å²) in [5, 5.41) is 0. The lowest BCUT2D eigenvalue weighted by Gasteiger charge is -2.10. The molecular weight excluding hydrogens is 266 g/mol. The molecule has 0 unspecified atom stereocenters. The van der Waals surface area contributed by atoms with Crippen LogP contribution in [0.25, 0.3) is 0 Å². The maximum atomic E-state index is 12.1. The molecule has 0 aliphatic heterocycles. The summed E-state index contributed by atoms with van der Waals surface area (Å²) in [6.07, 6.45) is 1.60. The lowest BCUT2D eigenvalue weighted by atomic mass is 10.3. The molecule has 0 aliphatic rings. The lowest BCUT2D eigenvalue weighted by molar-refractivity contribution is 0.133. The van der Waals surface area contributed by atoms with Crippen LogP contribution in [0.5, 0.6) is 0 Å². The molecule has 0 aliphatic carbocycles. The quantitative estimate of drug-likeness (QED) is 0.359. The van der Waals surface area contributed by atoms with E-state index in [1.54, 1.807) is 18.2 Å². The van der Waals surface area contributed by atoms with Gasteiger partial charge in [-0.25, -0.2) is 13.1 Å². The Morgan fingerprint density at radius 1 is 1.26 bits per heavy atom. The van der Waals surface area contributed by atoms with E-state index in [-0.39, 0.29) is 4.90 Å². The third-order valence-corrected chi connectivity index (χ3v) is 3.96. The van der Waals surface area contributed by atoms with E-state index < -0.39 is 10.0 Å². The Balaban J connectivity index is 2.52. The third-order valence-electron chi connectivity index (χ3n) is 2.44. The summed E-state index contributed by atoms with van der Waals surface area (Å²) in [5.74, 6) is 5.29. The Hall–Kier alpha value is -1.15. The molecule has 6 nitrogen and oxygen atoms in total. The average molecular weight is 287 g/mol. The first-order valence-corrected chi connectivity index (χ1v) is 7.73. The van der Waals surface area contributed by atoms with E-state index in [1.165, 1.54) is 6.07 Å². The van der Waals surface area contributed by atoms with Crippen LogP contribution in [-0.2, 0) is 14.8 Å². The van der Waals surface area contributed by atoms with Gasteiger partial charge in [0.2, 0.25) is 10.0 Å². The Labute approximate surface area is 114 Å². The van der Waals surface area contributed by atoms with Crippen LogP contribution in [0.2, 0.25) is 0 Å². The molecule has 1 aromatic rings. The molecule has 7 heteroatoms. The van der Waals surface area contributed by atoms with Crippen molar-refractivity contribution in [3.8, 4) is 0 Å². The van der Waals surface area contributed by atoms with Crippen molar-refractivity contribution in [2.24, 2.45) is 5.84 Å². The number of hydrazine groups is 1. The number of hydrogen-bond donors (Lipinski definition) is 3. The minimum absolute atomic E-state index is 0.145. The van der Waals surface area contributed by atoms with Crippen molar-refractivity contribution in [1.82, 2.24) is 4.72 Å². The number of anilines is 1. The van der Waals surface area contributed by atoms with E-state index >= 15 is 0 Å². The summed E-state index contributed by atoms with van der Waals surface area (Å²) in [4.78, 5) is 0.145. The molecule has 0 atom stereocenters. The number of nitrogens with one attached hydrogen (secondary N) is 2. The van der Waals surface area contributed by atoms with E-state index in [9.17, 15) is 8.42 Å². The SMILES string of the molecule is CCCOCCCNS(=O)(=O)c1ccccc1NN. The normalized spacial score (nSPS) is 11.5. The minimum atomic E-state index is -3.54. The Morgan fingerprint density at radius 3 is 2.68 bits per heavy atom. The van der Waals surface area contributed by atoms with Crippen molar-refractivity contribution in [2.45, 2.75) is 24.7 Å². The summed E-state index contributed by atoms with van der Waals surface area (Å²) in [6, 6.07) is 6.48. The molecule has 0 spiro atoms. The van der Waals surface area contributed by atoms with Crippen LogP contribution in [-0.4, -0.2) is 28.2 Å². The lowest BCUT2D eigenvalue weighted by Crippen LogP contribution is -2.27. The largest absolute Gasteiger partial charge is 0.381 e. The van der Waals surface area contributed by atoms with Crippen molar-refractivity contribution < 1.29 is 13.2 Å². The Morgan fingerprint density at radius 2 is 2.00 bits per heavy atom. The van der Waals surface area contributed by atoms with Crippen LogP contribution in [0.1, 0.15) is 19.8 Å². The predicted molar refractivity (Wildman–Crippen MR) is 75.2 cm³/mol. The van der Waals surface area contributed by atoms with Gasteiger partial charge in [-0.2, -0.15) is 0 Å². The minimum Gasteiger partial charge on any atom is -0.381 e. The van der Waals surface area contributed by atoms with Gasteiger partial charge in [-0.1, -0.05) is 19.1 Å². The number of sulfonamides is 1. The zero-order valence-corrected chi connectivity index (χ0v) is 11.9. The van der Waals surface area contributed by atoms with E-state index in [0.29, 0.717) is 31.9 Å². The zero-order chi connectivity index (χ0) is 14.1. The second kappa shape index (κ2) is 8.11. The molecular formula is C12H21N3O3S. The van der Waals surface area contributed by atoms with Crippen LogP contribution in [0.15, 0.2) is 29.2 Å². The third kappa shape index (κ3) is 5.15. The molecule has 0 radical (unpaired) electrons. The van der Waals surface area contributed by atoms with Gasteiger partial charge in [0.1, 0.15) is 4.90 Å². The fraction of sp³-hybridized carbons (Fsp3) is 0.500. The highest BCUT2D eigenvalue weighted by atomic mass is 32.2. The van der Waals surface area contributed by atoms with Gasteiger partial charge in [-0.15, -0.1) is 0 Å². The van der Waals surface area contributed by atoms with Gasteiger partial charge >= 0.3 is 0 Å². The van der Waals surface area contributed by atoms with Crippen molar-refractivity contribution in [3.05, 3.63) is 24.3 Å². The van der Waals surface area contributed by atoms with Crippen molar-refractivity contribution in [2.75, 3.05) is 25.2 Å².